The fourth-order valence-corrected chi connectivity index (χ4v) is 2.71. The molecule has 2 aromatic carbocycles. The number of fused-ring (bicyclic) bond motifs is 1. The van der Waals surface area contributed by atoms with E-state index in [0.29, 0.717) is 23.1 Å². The van der Waals surface area contributed by atoms with Gasteiger partial charge in [0, 0.05) is 6.54 Å². The van der Waals surface area contributed by atoms with Gasteiger partial charge in [-0.2, -0.15) is 4.68 Å². The molecule has 0 saturated carbocycles. The van der Waals surface area contributed by atoms with Crippen LogP contribution in [0, 0.1) is 0 Å². The fourth-order valence-electron chi connectivity index (χ4n) is 2.71. The van der Waals surface area contributed by atoms with Gasteiger partial charge in [0.05, 0.1) is 16.6 Å². The first-order valence-electron chi connectivity index (χ1n) is 8.83. The van der Waals surface area contributed by atoms with Gasteiger partial charge in [-0.05, 0) is 51.3 Å². The Hall–Kier alpha value is -3.19. The highest BCUT2D eigenvalue weighted by Gasteiger charge is 2.17. The molecule has 27 heavy (non-hydrogen) atoms. The van der Waals surface area contributed by atoms with E-state index in [1.54, 1.807) is 24.3 Å². The number of para-hydroxylation sites is 2. The van der Waals surface area contributed by atoms with Gasteiger partial charge in [-0.3, -0.25) is 15.0 Å². The minimum absolute atomic E-state index is 0.0346. The van der Waals surface area contributed by atoms with Crippen LogP contribution in [0.5, 0.6) is 0 Å². The summed E-state index contributed by atoms with van der Waals surface area (Å²) in [5.74, 6) is -0.354. The van der Waals surface area contributed by atoms with Crippen LogP contribution < -0.4 is 16.3 Å². The molecule has 7 nitrogen and oxygen atoms in total. The molecule has 0 atom stereocenters. The summed E-state index contributed by atoms with van der Waals surface area (Å²) in [6.45, 7) is 1.37. The Morgan fingerprint density at radius 1 is 1.07 bits per heavy atom. The van der Waals surface area contributed by atoms with Gasteiger partial charge in [0.25, 0.3) is 11.5 Å². The molecular weight excluding hydrogens is 342 g/mol. The zero-order valence-corrected chi connectivity index (χ0v) is 15.5. The number of carbonyl (C=O) groups is 1. The molecule has 0 aliphatic carbocycles. The molecule has 140 valence electrons. The number of nitrogens with zero attached hydrogens (tertiary/aromatic N) is 3. The monoisotopic (exact) mass is 365 g/mol. The summed E-state index contributed by atoms with van der Waals surface area (Å²) in [6, 6.07) is 16.2. The highest BCUT2D eigenvalue weighted by Crippen LogP contribution is 2.10. The zero-order valence-electron chi connectivity index (χ0n) is 15.5. The summed E-state index contributed by atoms with van der Waals surface area (Å²) >= 11 is 0. The van der Waals surface area contributed by atoms with Crippen LogP contribution in [0.15, 0.2) is 59.4 Å². The van der Waals surface area contributed by atoms with Gasteiger partial charge < -0.3 is 10.2 Å². The lowest BCUT2D eigenvalue weighted by atomic mass is 10.2. The van der Waals surface area contributed by atoms with Gasteiger partial charge >= 0.3 is 0 Å². The molecule has 3 aromatic rings. The molecule has 0 spiro atoms. The first-order valence-corrected chi connectivity index (χ1v) is 8.83. The van der Waals surface area contributed by atoms with E-state index in [4.69, 9.17) is 0 Å². The number of aromatic nitrogens is 2. The Balaban J connectivity index is 1.95. The van der Waals surface area contributed by atoms with Crippen molar-refractivity contribution in [3.63, 3.8) is 0 Å². The van der Waals surface area contributed by atoms with Crippen molar-refractivity contribution in [3.8, 4) is 0 Å². The topological polar surface area (TPSA) is 79.3 Å². The Labute approximate surface area is 157 Å². The van der Waals surface area contributed by atoms with Gasteiger partial charge in [-0.15, -0.1) is 0 Å². The van der Waals surface area contributed by atoms with E-state index < -0.39 is 0 Å². The van der Waals surface area contributed by atoms with Crippen molar-refractivity contribution in [2.45, 2.75) is 6.42 Å². The smallest absolute Gasteiger partial charge is 0.289 e. The molecule has 1 aromatic heterocycles. The van der Waals surface area contributed by atoms with Crippen molar-refractivity contribution >= 4 is 22.5 Å². The Morgan fingerprint density at radius 3 is 2.52 bits per heavy atom. The Kier molecular flexibility index (Phi) is 5.83. The van der Waals surface area contributed by atoms with Crippen molar-refractivity contribution in [2.24, 2.45) is 0 Å². The van der Waals surface area contributed by atoms with E-state index in [0.717, 1.165) is 13.0 Å². The lowest BCUT2D eigenvalue weighted by Crippen LogP contribution is -2.37. The molecule has 2 N–H and O–H groups in total. The zero-order chi connectivity index (χ0) is 19.2. The fraction of sp³-hybridized carbons (Fsp3) is 0.250. The lowest BCUT2D eigenvalue weighted by molar-refractivity contribution is 0.0938. The largest absolute Gasteiger partial charge is 0.349 e. The van der Waals surface area contributed by atoms with Crippen LogP contribution >= 0.6 is 0 Å². The number of anilines is 1. The molecule has 0 bridgehead atoms. The van der Waals surface area contributed by atoms with Gasteiger partial charge in [-0.1, -0.05) is 30.3 Å². The van der Waals surface area contributed by atoms with E-state index in [-0.39, 0.29) is 17.3 Å². The number of hydrogen-bond donors (Lipinski definition) is 2. The van der Waals surface area contributed by atoms with Crippen LogP contribution in [0.3, 0.4) is 0 Å². The Morgan fingerprint density at radius 2 is 1.78 bits per heavy atom. The van der Waals surface area contributed by atoms with Crippen LogP contribution in [0.25, 0.3) is 10.9 Å². The van der Waals surface area contributed by atoms with Crippen LogP contribution in [0.1, 0.15) is 17.0 Å². The summed E-state index contributed by atoms with van der Waals surface area (Å²) in [5, 5.41) is 3.29. The predicted molar refractivity (Wildman–Crippen MR) is 107 cm³/mol. The highest BCUT2D eigenvalue weighted by atomic mass is 16.2. The third kappa shape index (κ3) is 4.51. The van der Waals surface area contributed by atoms with Gasteiger partial charge in [0.1, 0.15) is 0 Å². The highest BCUT2D eigenvalue weighted by molar-refractivity contribution is 5.93. The summed E-state index contributed by atoms with van der Waals surface area (Å²) in [7, 11) is 3.96. The molecule has 0 saturated heterocycles. The molecular formula is C20H23N5O2. The van der Waals surface area contributed by atoms with Crippen LogP contribution in [-0.4, -0.2) is 47.7 Å². The van der Waals surface area contributed by atoms with Crippen molar-refractivity contribution in [1.82, 2.24) is 19.9 Å². The Bertz CT molecular complexity index is 983. The van der Waals surface area contributed by atoms with Crippen molar-refractivity contribution in [3.05, 3.63) is 70.8 Å². The minimum atomic E-state index is -0.389. The minimum Gasteiger partial charge on any atom is -0.349 e. The number of carbonyl (C=O) groups excluding carboxylic acids is 1. The number of benzene rings is 2. The standard InChI is InChI=1S/C20H23N5O2/c1-24(2)14-8-13-21-19(26)18-22-17-12-7-6-11-16(17)20(27)25(18)23-15-9-4-3-5-10-15/h3-7,9-12,23H,8,13-14H2,1-2H3,(H,21,26). The molecule has 0 unspecified atom stereocenters. The molecule has 1 amide bonds. The second-order valence-corrected chi connectivity index (χ2v) is 6.48. The van der Waals surface area contributed by atoms with Gasteiger partial charge in [-0.25, -0.2) is 4.98 Å². The third-order valence-electron chi connectivity index (χ3n) is 4.06. The van der Waals surface area contributed by atoms with Crippen molar-refractivity contribution in [1.29, 1.82) is 0 Å². The molecule has 3 rings (SSSR count). The van der Waals surface area contributed by atoms with E-state index in [1.807, 2.05) is 49.3 Å². The third-order valence-corrected chi connectivity index (χ3v) is 4.06. The maximum absolute atomic E-state index is 13.0. The average molecular weight is 365 g/mol. The summed E-state index contributed by atoms with van der Waals surface area (Å²) < 4.78 is 1.21. The van der Waals surface area contributed by atoms with Crippen molar-refractivity contribution < 1.29 is 4.79 Å². The first-order chi connectivity index (χ1) is 13.1. The van der Waals surface area contributed by atoms with Crippen LogP contribution in [-0.2, 0) is 0 Å². The number of hydrogen-bond acceptors (Lipinski definition) is 5. The maximum atomic E-state index is 13.0. The predicted octanol–water partition coefficient (Wildman–Crippen LogP) is 1.95. The van der Waals surface area contributed by atoms with Crippen molar-refractivity contribution in [2.75, 3.05) is 32.6 Å². The second kappa shape index (κ2) is 8.46. The summed E-state index contributed by atoms with van der Waals surface area (Å²) in [5.41, 5.74) is 3.86. The number of nitrogens with one attached hydrogen (secondary N) is 2. The summed E-state index contributed by atoms with van der Waals surface area (Å²) in [4.78, 5) is 32.1. The maximum Gasteiger partial charge on any atom is 0.289 e. The molecule has 0 aliphatic rings. The van der Waals surface area contributed by atoms with Crippen LogP contribution in [0.2, 0.25) is 0 Å². The van der Waals surface area contributed by atoms with E-state index in [2.05, 4.69) is 15.7 Å². The normalized spacial score (nSPS) is 10.9. The first kappa shape index (κ1) is 18.6. The van der Waals surface area contributed by atoms with E-state index >= 15 is 0 Å². The van der Waals surface area contributed by atoms with Gasteiger partial charge in [0.2, 0.25) is 5.82 Å². The van der Waals surface area contributed by atoms with E-state index in [9.17, 15) is 9.59 Å². The lowest BCUT2D eigenvalue weighted by Gasteiger charge is -2.15. The molecule has 0 radical (unpaired) electrons. The van der Waals surface area contributed by atoms with Crippen LogP contribution in [0.4, 0.5) is 5.69 Å². The SMILES string of the molecule is CN(C)CCCNC(=O)c1nc2ccccc2c(=O)n1Nc1ccccc1. The molecule has 0 aliphatic heterocycles. The number of rotatable bonds is 7. The van der Waals surface area contributed by atoms with Gasteiger partial charge in [0.15, 0.2) is 0 Å². The summed E-state index contributed by atoms with van der Waals surface area (Å²) in [6.07, 6.45) is 0.808. The molecule has 7 heteroatoms. The second-order valence-electron chi connectivity index (χ2n) is 6.48. The quantitative estimate of drug-likeness (QED) is 0.626. The average Bonchev–Trinajstić information content (AvgIpc) is 2.68. The van der Waals surface area contributed by atoms with E-state index in [1.165, 1.54) is 4.68 Å². The molecule has 1 heterocycles. The molecule has 0 fully saturated rings. The number of amides is 1.